The van der Waals surface area contributed by atoms with Crippen LogP contribution in [0.1, 0.15) is 36.8 Å². The van der Waals surface area contributed by atoms with Gasteiger partial charge in [-0.05, 0) is 33.0 Å². The third-order valence-electron chi connectivity index (χ3n) is 4.22. The normalized spacial score (nSPS) is 17.6. The Bertz CT molecular complexity index is 669. The van der Waals surface area contributed by atoms with Crippen LogP contribution in [0.3, 0.4) is 0 Å². The second-order valence-electron chi connectivity index (χ2n) is 6.44. The van der Waals surface area contributed by atoms with E-state index in [4.69, 9.17) is 0 Å². The summed E-state index contributed by atoms with van der Waals surface area (Å²) in [5.74, 6) is 0.927. The van der Waals surface area contributed by atoms with Crippen LogP contribution in [0.25, 0.3) is 0 Å². The maximum Gasteiger partial charge on any atom is 0.224 e. The molecule has 0 radical (unpaired) electrons. The zero-order chi connectivity index (χ0) is 16.9. The molecule has 1 fully saturated rings. The SMILES string of the molecule is CN(C)Cc1ccnc(C2CCCN2C(=O)CCn2ccnc2)n1. The van der Waals surface area contributed by atoms with Gasteiger partial charge in [0, 0.05) is 44.6 Å². The number of aryl methyl sites for hydroxylation is 1. The Morgan fingerprint density at radius 2 is 2.25 bits per heavy atom. The summed E-state index contributed by atoms with van der Waals surface area (Å²) in [6.45, 7) is 2.22. The van der Waals surface area contributed by atoms with E-state index in [-0.39, 0.29) is 11.9 Å². The van der Waals surface area contributed by atoms with E-state index >= 15 is 0 Å². The Kier molecular flexibility index (Phi) is 5.20. The number of rotatable bonds is 6. The number of likely N-dealkylation sites (tertiary alicyclic amines) is 1. The van der Waals surface area contributed by atoms with Gasteiger partial charge in [0.05, 0.1) is 18.1 Å². The minimum atomic E-state index is 0.00222. The molecule has 7 heteroatoms. The summed E-state index contributed by atoms with van der Waals surface area (Å²) in [7, 11) is 4.03. The molecule has 24 heavy (non-hydrogen) atoms. The fourth-order valence-corrected chi connectivity index (χ4v) is 3.11. The second kappa shape index (κ2) is 7.53. The van der Waals surface area contributed by atoms with Crippen LogP contribution in [0.15, 0.2) is 31.0 Å². The van der Waals surface area contributed by atoms with Crippen LogP contribution in [0, 0.1) is 0 Å². The van der Waals surface area contributed by atoms with E-state index in [9.17, 15) is 4.79 Å². The van der Waals surface area contributed by atoms with Crippen molar-refractivity contribution in [3.8, 4) is 0 Å². The van der Waals surface area contributed by atoms with E-state index < -0.39 is 0 Å². The monoisotopic (exact) mass is 328 g/mol. The number of hydrogen-bond acceptors (Lipinski definition) is 5. The molecule has 0 saturated carbocycles. The summed E-state index contributed by atoms with van der Waals surface area (Å²) in [6, 6.07) is 1.94. The van der Waals surface area contributed by atoms with Crippen LogP contribution in [0.4, 0.5) is 0 Å². The first-order chi connectivity index (χ1) is 11.6. The van der Waals surface area contributed by atoms with Gasteiger partial charge in [-0.1, -0.05) is 0 Å². The predicted molar refractivity (Wildman–Crippen MR) is 90.0 cm³/mol. The summed E-state index contributed by atoms with van der Waals surface area (Å²) < 4.78 is 1.93. The first-order valence-corrected chi connectivity index (χ1v) is 8.35. The van der Waals surface area contributed by atoms with Gasteiger partial charge in [-0.2, -0.15) is 0 Å². The van der Waals surface area contributed by atoms with E-state index in [2.05, 4.69) is 19.9 Å². The van der Waals surface area contributed by atoms with Crippen LogP contribution in [0.5, 0.6) is 0 Å². The zero-order valence-electron chi connectivity index (χ0n) is 14.3. The quantitative estimate of drug-likeness (QED) is 0.804. The molecule has 3 heterocycles. The lowest BCUT2D eigenvalue weighted by Gasteiger charge is -2.24. The molecule has 0 spiro atoms. The first-order valence-electron chi connectivity index (χ1n) is 8.35. The summed E-state index contributed by atoms with van der Waals surface area (Å²) >= 11 is 0. The fourth-order valence-electron chi connectivity index (χ4n) is 3.11. The summed E-state index contributed by atoms with van der Waals surface area (Å²) in [5, 5.41) is 0. The number of aromatic nitrogens is 4. The van der Waals surface area contributed by atoms with Crippen molar-refractivity contribution in [2.45, 2.75) is 38.4 Å². The van der Waals surface area contributed by atoms with Crippen LogP contribution in [-0.2, 0) is 17.9 Å². The van der Waals surface area contributed by atoms with E-state index in [0.29, 0.717) is 13.0 Å². The number of carbonyl (C=O) groups is 1. The number of imidazole rings is 1. The molecule has 7 nitrogen and oxygen atoms in total. The van der Waals surface area contributed by atoms with Crippen molar-refractivity contribution in [1.29, 1.82) is 0 Å². The topological polar surface area (TPSA) is 67.2 Å². The Morgan fingerprint density at radius 1 is 1.38 bits per heavy atom. The van der Waals surface area contributed by atoms with Gasteiger partial charge in [0.25, 0.3) is 0 Å². The summed E-state index contributed by atoms with van der Waals surface area (Å²) in [6.07, 6.45) is 9.56. The van der Waals surface area contributed by atoms with Crippen molar-refractivity contribution in [2.75, 3.05) is 20.6 Å². The van der Waals surface area contributed by atoms with Crippen LogP contribution in [0.2, 0.25) is 0 Å². The molecule has 2 aromatic rings. The van der Waals surface area contributed by atoms with E-state index in [1.54, 1.807) is 18.7 Å². The fraction of sp³-hybridized carbons (Fsp3) is 0.529. The van der Waals surface area contributed by atoms with Crippen LogP contribution < -0.4 is 0 Å². The highest BCUT2D eigenvalue weighted by Gasteiger charge is 2.31. The Morgan fingerprint density at radius 3 is 3.00 bits per heavy atom. The highest BCUT2D eigenvalue weighted by Crippen LogP contribution is 2.30. The molecule has 1 aliphatic heterocycles. The minimum Gasteiger partial charge on any atom is -0.337 e. The highest BCUT2D eigenvalue weighted by atomic mass is 16.2. The zero-order valence-corrected chi connectivity index (χ0v) is 14.3. The molecule has 1 saturated heterocycles. The average molecular weight is 328 g/mol. The molecule has 1 atom stereocenters. The molecule has 3 rings (SSSR count). The molecule has 0 bridgehead atoms. The molecule has 128 valence electrons. The Labute approximate surface area is 142 Å². The number of hydrogen-bond donors (Lipinski definition) is 0. The molecule has 0 N–H and O–H groups in total. The number of nitrogens with zero attached hydrogens (tertiary/aromatic N) is 6. The summed E-state index contributed by atoms with van der Waals surface area (Å²) in [4.78, 5) is 29.7. The van der Waals surface area contributed by atoms with Crippen LogP contribution in [-0.4, -0.2) is 55.9 Å². The van der Waals surface area contributed by atoms with Crippen molar-refractivity contribution in [2.24, 2.45) is 0 Å². The van der Waals surface area contributed by atoms with E-state index in [1.165, 1.54) is 0 Å². The minimum absolute atomic E-state index is 0.00222. The average Bonchev–Trinajstić information content (AvgIpc) is 3.23. The third kappa shape index (κ3) is 3.97. The van der Waals surface area contributed by atoms with Gasteiger partial charge in [0.1, 0.15) is 0 Å². The number of amides is 1. The second-order valence-corrected chi connectivity index (χ2v) is 6.44. The maximum atomic E-state index is 12.6. The Hall–Kier alpha value is -2.28. The van der Waals surface area contributed by atoms with Crippen LogP contribution >= 0.6 is 0 Å². The molecular weight excluding hydrogens is 304 g/mol. The van der Waals surface area contributed by atoms with Gasteiger partial charge >= 0.3 is 0 Å². The first kappa shape index (κ1) is 16.6. The lowest BCUT2D eigenvalue weighted by molar-refractivity contribution is -0.132. The lowest BCUT2D eigenvalue weighted by Crippen LogP contribution is -2.32. The molecule has 1 amide bonds. The molecule has 1 unspecified atom stereocenters. The van der Waals surface area contributed by atoms with E-state index in [1.807, 2.05) is 35.8 Å². The van der Waals surface area contributed by atoms with Gasteiger partial charge in [-0.15, -0.1) is 0 Å². The van der Waals surface area contributed by atoms with Gasteiger partial charge in [-0.3, -0.25) is 4.79 Å². The van der Waals surface area contributed by atoms with Gasteiger partial charge < -0.3 is 14.4 Å². The predicted octanol–water partition coefficient (Wildman–Crippen LogP) is 1.49. The van der Waals surface area contributed by atoms with Crippen molar-refractivity contribution < 1.29 is 4.79 Å². The molecule has 2 aromatic heterocycles. The standard InChI is InChI=1S/C17H24N6O/c1-21(2)12-14-5-7-19-17(20-14)15-4-3-9-23(15)16(24)6-10-22-11-8-18-13-22/h5,7-8,11,13,15H,3-4,6,9-10,12H2,1-2H3. The van der Waals surface area contributed by atoms with Crippen molar-refractivity contribution in [3.63, 3.8) is 0 Å². The highest BCUT2D eigenvalue weighted by molar-refractivity contribution is 5.76. The number of carbonyl (C=O) groups excluding carboxylic acids is 1. The van der Waals surface area contributed by atoms with Crippen molar-refractivity contribution in [3.05, 3.63) is 42.5 Å². The maximum absolute atomic E-state index is 12.6. The van der Waals surface area contributed by atoms with Gasteiger partial charge in [-0.25, -0.2) is 15.0 Å². The largest absolute Gasteiger partial charge is 0.337 e. The summed E-state index contributed by atoms with van der Waals surface area (Å²) in [5.41, 5.74) is 0.989. The van der Waals surface area contributed by atoms with E-state index in [0.717, 1.165) is 37.4 Å². The van der Waals surface area contributed by atoms with Crippen molar-refractivity contribution >= 4 is 5.91 Å². The Balaban J connectivity index is 1.67. The lowest BCUT2D eigenvalue weighted by atomic mass is 10.2. The molecular formula is C17H24N6O. The van der Waals surface area contributed by atoms with Crippen molar-refractivity contribution in [1.82, 2.24) is 29.3 Å². The molecule has 0 aromatic carbocycles. The van der Waals surface area contributed by atoms with Gasteiger partial charge in [0.2, 0.25) is 5.91 Å². The smallest absolute Gasteiger partial charge is 0.224 e. The molecule has 1 aliphatic rings. The van der Waals surface area contributed by atoms with Gasteiger partial charge in [0.15, 0.2) is 5.82 Å². The molecule has 0 aliphatic carbocycles. The third-order valence-corrected chi connectivity index (χ3v) is 4.22.